The number of aryl methyl sites for hydroxylation is 2. The topological polar surface area (TPSA) is 67.4 Å². The molecule has 1 amide bonds. The van der Waals surface area contributed by atoms with E-state index in [4.69, 9.17) is 4.74 Å². The van der Waals surface area contributed by atoms with Gasteiger partial charge in [-0.25, -0.2) is 4.98 Å². The molecule has 6 nitrogen and oxygen atoms in total. The van der Waals surface area contributed by atoms with E-state index in [0.29, 0.717) is 16.9 Å². The molecule has 0 bridgehead atoms. The van der Waals surface area contributed by atoms with E-state index in [9.17, 15) is 4.79 Å². The number of benzene rings is 1. The Hall–Kier alpha value is -2.99. The van der Waals surface area contributed by atoms with Crippen LogP contribution in [0.4, 0.5) is 11.5 Å². The monoisotopic (exact) mass is 390 g/mol. The van der Waals surface area contributed by atoms with Crippen molar-refractivity contribution in [2.75, 3.05) is 23.3 Å². The van der Waals surface area contributed by atoms with E-state index in [-0.39, 0.29) is 18.1 Å². The summed E-state index contributed by atoms with van der Waals surface area (Å²) >= 11 is 0. The number of anilines is 2. The van der Waals surface area contributed by atoms with Crippen molar-refractivity contribution in [3.8, 4) is 0 Å². The van der Waals surface area contributed by atoms with Gasteiger partial charge in [0.25, 0.3) is 5.91 Å². The van der Waals surface area contributed by atoms with Gasteiger partial charge in [-0.1, -0.05) is 12.1 Å². The third-order valence-corrected chi connectivity index (χ3v) is 5.16. The van der Waals surface area contributed by atoms with Gasteiger partial charge in [0.2, 0.25) is 0 Å². The van der Waals surface area contributed by atoms with Crippen molar-refractivity contribution in [1.29, 1.82) is 0 Å². The second kappa shape index (κ2) is 7.79. The molecule has 2 unspecified atom stereocenters. The number of aromatic nitrogens is 2. The molecule has 3 heterocycles. The minimum atomic E-state index is -0.180. The molecule has 0 saturated carbocycles. The molecule has 150 valence electrons. The summed E-state index contributed by atoms with van der Waals surface area (Å²) in [6.45, 7) is 9.65. The van der Waals surface area contributed by atoms with Crippen molar-refractivity contribution in [3.63, 3.8) is 0 Å². The zero-order valence-electron chi connectivity index (χ0n) is 17.3. The Morgan fingerprint density at radius 2 is 1.86 bits per heavy atom. The smallest absolute Gasteiger partial charge is 0.257 e. The lowest BCUT2D eigenvalue weighted by Gasteiger charge is -2.36. The number of ether oxygens (including phenoxy) is 1. The number of pyridine rings is 2. The third-order valence-electron chi connectivity index (χ3n) is 5.16. The van der Waals surface area contributed by atoms with Crippen LogP contribution in [0.5, 0.6) is 0 Å². The fourth-order valence-corrected chi connectivity index (χ4v) is 3.81. The van der Waals surface area contributed by atoms with Crippen molar-refractivity contribution in [1.82, 2.24) is 9.97 Å². The van der Waals surface area contributed by atoms with E-state index in [0.717, 1.165) is 35.4 Å². The SMILES string of the molecule is Cc1ccc2cc(C(=O)Nc3ccc(N4CC(C)OC(C)C4)nc3)c(C)nc2c1. The Kier molecular flexibility index (Phi) is 5.20. The highest BCUT2D eigenvalue weighted by Gasteiger charge is 2.23. The third kappa shape index (κ3) is 4.22. The first-order valence-corrected chi connectivity index (χ1v) is 9.95. The normalized spacial score (nSPS) is 19.4. The predicted octanol–water partition coefficient (Wildman–Crippen LogP) is 4.11. The lowest BCUT2D eigenvalue weighted by Crippen LogP contribution is -2.45. The van der Waals surface area contributed by atoms with Crippen LogP contribution >= 0.6 is 0 Å². The van der Waals surface area contributed by atoms with Gasteiger partial charge in [0.05, 0.1) is 40.9 Å². The lowest BCUT2D eigenvalue weighted by atomic mass is 10.1. The standard InChI is InChI=1S/C23H26N4O2/c1-14-5-6-18-10-20(17(4)25-21(18)9-14)23(28)26-19-7-8-22(24-11-19)27-12-15(2)29-16(3)13-27/h5-11,15-16H,12-13H2,1-4H3,(H,26,28). The van der Waals surface area contributed by atoms with Crippen LogP contribution in [0.2, 0.25) is 0 Å². The zero-order chi connectivity index (χ0) is 20.5. The van der Waals surface area contributed by atoms with Crippen LogP contribution < -0.4 is 10.2 Å². The Balaban J connectivity index is 1.50. The van der Waals surface area contributed by atoms with Crippen molar-refractivity contribution in [3.05, 3.63) is 59.4 Å². The second-order valence-corrected chi connectivity index (χ2v) is 7.84. The molecule has 4 rings (SSSR count). The van der Waals surface area contributed by atoms with Gasteiger partial charge >= 0.3 is 0 Å². The maximum atomic E-state index is 12.8. The quantitative estimate of drug-likeness (QED) is 0.729. The zero-order valence-corrected chi connectivity index (χ0v) is 17.3. The van der Waals surface area contributed by atoms with Gasteiger partial charge < -0.3 is 15.0 Å². The van der Waals surface area contributed by atoms with Gasteiger partial charge in [0, 0.05) is 18.5 Å². The first-order valence-electron chi connectivity index (χ1n) is 9.95. The number of amides is 1. The van der Waals surface area contributed by atoms with Gasteiger partial charge in [0.1, 0.15) is 5.82 Å². The van der Waals surface area contributed by atoms with Crippen LogP contribution in [0.3, 0.4) is 0 Å². The Labute approximate surface area is 170 Å². The Morgan fingerprint density at radius 1 is 1.10 bits per heavy atom. The predicted molar refractivity (Wildman–Crippen MR) is 116 cm³/mol. The number of carbonyl (C=O) groups excluding carboxylic acids is 1. The molecule has 2 atom stereocenters. The summed E-state index contributed by atoms with van der Waals surface area (Å²) in [4.78, 5) is 24.2. The van der Waals surface area contributed by atoms with Gasteiger partial charge in [-0.2, -0.15) is 0 Å². The summed E-state index contributed by atoms with van der Waals surface area (Å²) in [6, 6.07) is 11.8. The number of rotatable bonds is 3. The molecule has 1 aliphatic rings. The maximum absolute atomic E-state index is 12.8. The molecule has 1 saturated heterocycles. The van der Waals surface area contributed by atoms with Gasteiger partial charge in [-0.3, -0.25) is 9.78 Å². The largest absolute Gasteiger partial charge is 0.372 e. The van der Waals surface area contributed by atoms with E-state index >= 15 is 0 Å². The highest BCUT2D eigenvalue weighted by molar-refractivity contribution is 6.06. The van der Waals surface area contributed by atoms with Gasteiger partial charge in [-0.15, -0.1) is 0 Å². The van der Waals surface area contributed by atoms with E-state index < -0.39 is 0 Å². The summed E-state index contributed by atoms with van der Waals surface area (Å²) in [6.07, 6.45) is 2.05. The van der Waals surface area contributed by atoms with Crippen LogP contribution in [0.1, 0.15) is 35.5 Å². The first-order chi connectivity index (χ1) is 13.9. The molecule has 0 aliphatic carbocycles. The number of fused-ring (bicyclic) bond motifs is 1. The van der Waals surface area contributed by atoms with Gasteiger partial charge in [-0.05, 0) is 57.5 Å². The number of nitrogens with zero attached hydrogens (tertiary/aromatic N) is 3. The molecule has 3 aromatic rings. The summed E-state index contributed by atoms with van der Waals surface area (Å²) in [5, 5.41) is 3.89. The summed E-state index contributed by atoms with van der Waals surface area (Å²) < 4.78 is 5.78. The molecule has 1 N–H and O–H groups in total. The molecule has 1 aliphatic heterocycles. The summed E-state index contributed by atoms with van der Waals surface area (Å²) in [5.41, 5.74) is 4.00. The van der Waals surface area contributed by atoms with Crippen molar-refractivity contribution in [2.24, 2.45) is 0 Å². The molecule has 6 heteroatoms. The number of morpholine rings is 1. The Morgan fingerprint density at radius 3 is 2.55 bits per heavy atom. The number of hydrogen-bond acceptors (Lipinski definition) is 5. The summed E-state index contributed by atoms with van der Waals surface area (Å²) in [5.74, 6) is 0.713. The Bertz CT molecular complexity index is 1040. The molecule has 2 aromatic heterocycles. The molecule has 1 aromatic carbocycles. The van der Waals surface area contributed by atoms with E-state index in [1.807, 2.05) is 50.2 Å². The number of carbonyl (C=O) groups is 1. The molecule has 0 spiro atoms. The van der Waals surface area contributed by atoms with Crippen molar-refractivity contribution in [2.45, 2.75) is 39.9 Å². The van der Waals surface area contributed by atoms with Crippen LogP contribution in [0.25, 0.3) is 10.9 Å². The van der Waals surface area contributed by atoms with Crippen molar-refractivity contribution < 1.29 is 9.53 Å². The minimum absolute atomic E-state index is 0.173. The fourth-order valence-electron chi connectivity index (χ4n) is 3.81. The van der Waals surface area contributed by atoms with Crippen LogP contribution in [-0.4, -0.2) is 41.2 Å². The molecule has 0 radical (unpaired) electrons. The van der Waals surface area contributed by atoms with Crippen molar-refractivity contribution >= 4 is 28.3 Å². The van der Waals surface area contributed by atoms with Crippen LogP contribution in [0.15, 0.2) is 42.6 Å². The van der Waals surface area contributed by atoms with Crippen LogP contribution in [0, 0.1) is 13.8 Å². The average molecular weight is 390 g/mol. The molecular formula is C23H26N4O2. The first kappa shape index (κ1) is 19.3. The van der Waals surface area contributed by atoms with E-state index in [1.165, 1.54) is 0 Å². The highest BCUT2D eigenvalue weighted by atomic mass is 16.5. The summed E-state index contributed by atoms with van der Waals surface area (Å²) in [7, 11) is 0. The second-order valence-electron chi connectivity index (χ2n) is 7.84. The molecule has 1 fully saturated rings. The maximum Gasteiger partial charge on any atom is 0.257 e. The van der Waals surface area contributed by atoms with E-state index in [2.05, 4.69) is 34.0 Å². The highest BCUT2D eigenvalue weighted by Crippen LogP contribution is 2.22. The molecular weight excluding hydrogens is 364 g/mol. The van der Waals surface area contributed by atoms with Crippen LogP contribution in [-0.2, 0) is 4.74 Å². The number of nitrogens with one attached hydrogen (secondary N) is 1. The lowest BCUT2D eigenvalue weighted by molar-refractivity contribution is -0.00545. The van der Waals surface area contributed by atoms with E-state index in [1.54, 1.807) is 6.20 Å². The minimum Gasteiger partial charge on any atom is -0.372 e. The fraction of sp³-hybridized carbons (Fsp3) is 0.348. The number of hydrogen-bond donors (Lipinski definition) is 1. The average Bonchev–Trinajstić information content (AvgIpc) is 2.67. The molecule has 29 heavy (non-hydrogen) atoms. The van der Waals surface area contributed by atoms with Gasteiger partial charge in [0.15, 0.2) is 0 Å².